The Bertz CT molecular complexity index is 840. The molecule has 1 saturated carbocycles. The van der Waals surface area contributed by atoms with Crippen molar-refractivity contribution in [3.05, 3.63) is 54.1 Å². The Balaban J connectivity index is 1.57. The number of amides is 2. The molecule has 2 N–H and O–H groups in total. The average molecular weight is 335 g/mol. The molecule has 2 amide bonds. The highest BCUT2D eigenvalue weighted by Gasteiger charge is 2.48. The average Bonchev–Trinajstić information content (AvgIpc) is 3.44. The fourth-order valence-corrected chi connectivity index (χ4v) is 2.60. The second-order valence-corrected chi connectivity index (χ2v) is 5.81. The molecule has 1 aliphatic carbocycles. The van der Waals surface area contributed by atoms with Gasteiger partial charge in [0.05, 0.1) is 30.2 Å². The van der Waals surface area contributed by atoms with E-state index in [-0.39, 0.29) is 23.7 Å². The van der Waals surface area contributed by atoms with E-state index >= 15 is 0 Å². The second-order valence-electron chi connectivity index (χ2n) is 5.81. The van der Waals surface area contributed by atoms with Crippen LogP contribution < -0.4 is 15.4 Å². The Hall–Kier alpha value is -3.33. The molecule has 2 aromatic rings. The molecule has 0 heterocycles. The van der Waals surface area contributed by atoms with Gasteiger partial charge < -0.3 is 15.4 Å². The summed E-state index contributed by atoms with van der Waals surface area (Å²) in [6.07, 6.45) is 0.503. The quantitative estimate of drug-likeness (QED) is 0.879. The largest absolute Gasteiger partial charge is 0.497 e. The predicted molar refractivity (Wildman–Crippen MR) is 93.0 cm³/mol. The molecule has 0 saturated heterocycles. The van der Waals surface area contributed by atoms with Crippen molar-refractivity contribution in [2.24, 2.45) is 11.8 Å². The minimum Gasteiger partial charge on any atom is -0.497 e. The van der Waals surface area contributed by atoms with E-state index in [1.807, 2.05) is 6.07 Å². The Morgan fingerprint density at radius 3 is 2.32 bits per heavy atom. The summed E-state index contributed by atoms with van der Waals surface area (Å²) in [5.74, 6) is -0.435. The number of methoxy groups -OCH3 is 1. The summed E-state index contributed by atoms with van der Waals surface area (Å²) in [6, 6.07) is 15.8. The Morgan fingerprint density at radius 1 is 1.04 bits per heavy atom. The maximum atomic E-state index is 12.3. The van der Waals surface area contributed by atoms with Crippen molar-refractivity contribution in [3.8, 4) is 11.8 Å². The summed E-state index contributed by atoms with van der Waals surface area (Å²) < 4.78 is 5.07. The summed E-state index contributed by atoms with van der Waals surface area (Å²) in [6.45, 7) is 0. The fourth-order valence-electron chi connectivity index (χ4n) is 2.60. The maximum absolute atomic E-state index is 12.3. The van der Waals surface area contributed by atoms with E-state index in [1.165, 1.54) is 0 Å². The molecule has 0 spiro atoms. The van der Waals surface area contributed by atoms with Gasteiger partial charge in [-0.2, -0.15) is 5.26 Å². The third-order valence-electron chi connectivity index (χ3n) is 4.13. The number of hydrogen-bond donors (Lipinski definition) is 2. The van der Waals surface area contributed by atoms with Gasteiger partial charge in [0.2, 0.25) is 11.8 Å². The van der Waals surface area contributed by atoms with Gasteiger partial charge in [-0.15, -0.1) is 0 Å². The fraction of sp³-hybridized carbons (Fsp3) is 0.211. The minimum atomic E-state index is -0.370. The van der Waals surface area contributed by atoms with Crippen molar-refractivity contribution < 1.29 is 14.3 Å². The first-order valence-electron chi connectivity index (χ1n) is 7.87. The lowest BCUT2D eigenvalue weighted by Crippen LogP contribution is -2.20. The molecule has 3 rings (SSSR count). The first kappa shape index (κ1) is 16.5. The lowest BCUT2D eigenvalue weighted by Gasteiger charge is -2.07. The smallest absolute Gasteiger partial charge is 0.228 e. The predicted octanol–water partition coefficient (Wildman–Crippen LogP) is 2.78. The standard InChI is InChI=1S/C19H17N3O3/c1-25-14-8-6-13(7-9-14)21-18(23)15-10-16(15)19(24)22-17-5-3-2-4-12(17)11-20/h2-9,15-16H,10H2,1H3,(H,21,23)(H,22,24). The van der Waals surface area contributed by atoms with Gasteiger partial charge in [-0.1, -0.05) is 12.1 Å². The zero-order chi connectivity index (χ0) is 17.8. The van der Waals surface area contributed by atoms with E-state index in [4.69, 9.17) is 10.00 Å². The third-order valence-corrected chi connectivity index (χ3v) is 4.13. The second kappa shape index (κ2) is 7.05. The normalized spacial score (nSPS) is 17.9. The van der Waals surface area contributed by atoms with Crippen molar-refractivity contribution in [1.82, 2.24) is 0 Å². The number of anilines is 2. The molecule has 0 aliphatic heterocycles. The molecule has 2 aromatic carbocycles. The van der Waals surface area contributed by atoms with E-state index in [0.717, 1.165) is 0 Å². The molecule has 2 unspecified atom stereocenters. The number of ether oxygens (including phenoxy) is 1. The van der Waals surface area contributed by atoms with Crippen LogP contribution in [0.3, 0.4) is 0 Å². The van der Waals surface area contributed by atoms with E-state index in [2.05, 4.69) is 10.6 Å². The van der Waals surface area contributed by atoms with Gasteiger partial charge >= 0.3 is 0 Å². The van der Waals surface area contributed by atoms with Gasteiger partial charge in [-0.3, -0.25) is 9.59 Å². The first-order valence-corrected chi connectivity index (χ1v) is 7.87. The van der Waals surface area contributed by atoms with Crippen molar-refractivity contribution >= 4 is 23.2 Å². The summed E-state index contributed by atoms with van der Waals surface area (Å²) in [7, 11) is 1.57. The van der Waals surface area contributed by atoms with Gasteiger partial charge in [-0.25, -0.2) is 0 Å². The molecule has 0 radical (unpaired) electrons. The Kier molecular flexibility index (Phi) is 4.66. The van der Waals surface area contributed by atoms with Crippen LogP contribution in [0.5, 0.6) is 5.75 Å². The third kappa shape index (κ3) is 3.78. The van der Waals surface area contributed by atoms with Gasteiger partial charge in [0.1, 0.15) is 11.8 Å². The molecule has 2 atom stereocenters. The lowest BCUT2D eigenvalue weighted by atomic mass is 10.2. The van der Waals surface area contributed by atoms with Crippen LogP contribution in [0.2, 0.25) is 0 Å². The van der Waals surface area contributed by atoms with Crippen LogP contribution in [0.15, 0.2) is 48.5 Å². The molecule has 25 heavy (non-hydrogen) atoms. The first-order chi connectivity index (χ1) is 12.1. The molecule has 126 valence electrons. The van der Waals surface area contributed by atoms with Crippen LogP contribution in [0.1, 0.15) is 12.0 Å². The summed E-state index contributed by atoms with van der Waals surface area (Å²) in [5, 5.41) is 14.6. The molecule has 0 aromatic heterocycles. The van der Waals surface area contributed by atoms with Crippen LogP contribution in [0.25, 0.3) is 0 Å². The number of carbonyl (C=O) groups is 2. The van der Waals surface area contributed by atoms with Crippen LogP contribution >= 0.6 is 0 Å². The van der Waals surface area contributed by atoms with Crippen molar-refractivity contribution in [2.75, 3.05) is 17.7 Å². The number of carbonyl (C=O) groups excluding carboxylic acids is 2. The number of nitriles is 1. The summed E-state index contributed by atoms with van der Waals surface area (Å²) in [5.41, 5.74) is 1.53. The van der Waals surface area contributed by atoms with Crippen LogP contribution in [0, 0.1) is 23.2 Å². The molecule has 1 fully saturated rings. The maximum Gasteiger partial charge on any atom is 0.228 e. The molecule has 1 aliphatic rings. The van der Waals surface area contributed by atoms with Crippen molar-refractivity contribution in [1.29, 1.82) is 5.26 Å². The molecule has 0 bridgehead atoms. The SMILES string of the molecule is COc1ccc(NC(=O)C2CC2C(=O)Nc2ccccc2C#N)cc1. The van der Waals surface area contributed by atoms with E-state index in [1.54, 1.807) is 55.6 Å². The summed E-state index contributed by atoms with van der Waals surface area (Å²) >= 11 is 0. The highest BCUT2D eigenvalue weighted by Crippen LogP contribution is 2.40. The number of benzene rings is 2. The van der Waals surface area contributed by atoms with Crippen LogP contribution in [-0.2, 0) is 9.59 Å². The topological polar surface area (TPSA) is 91.2 Å². The number of hydrogen-bond acceptors (Lipinski definition) is 4. The lowest BCUT2D eigenvalue weighted by molar-refractivity contribution is -0.122. The van der Waals surface area contributed by atoms with E-state index in [9.17, 15) is 9.59 Å². The number of para-hydroxylation sites is 1. The molecular formula is C19H17N3O3. The van der Waals surface area contributed by atoms with Crippen LogP contribution in [0.4, 0.5) is 11.4 Å². The Labute approximate surface area is 145 Å². The van der Waals surface area contributed by atoms with Crippen molar-refractivity contribution in [2.45, 2.75) is 6.42 Å². The van der Waals surface area contributed by atoms with Gasteiger partial charge in [0.25, 0.3) is 0 Å². The zero-order valence-electron chi connectivity index (χ0n) is 13.7. The minimum absolute atomic E-state index is 0.182. The number of nitrogens with zero attached hydrogens (tertiary/aromatic N) is 1. The monoisotopic (exact) mass is 335 g/mol. The van der Waals surface area contributed by atoms with E-state index < -0.39 is 0 Å². The van der Waals surface area contributed by atoms with Gasteiger partial charge in [-0.05, 0) is 42.8 Å². The van der Waals surface area contributed by atoms with Gasteiger partial charge in [0, 0.05) is 5.69 Å². The number of nitrogens with one attached hydrogen (secondary N) is 2. The van der Waals surface area contributed by atoms with Gasteiger partial charge in [0.15, 0.2) is 0 Å². The molecule has 6 heteroatoms. The molecular weight excluding hydrogens is 318 g/mol. The Morgan fingerprint density at radius 2 is 1.68 bits per heavy atom. The van der Waals surface area contributed by atoms with E-state index in [0.29, 0.717) is 29.1 Å². The number of rotatable bonds is 5. The molecule has 6 nitrogen and oxygen atoms in total. The zero-order valence-corrected chi connectivity index (χ0v) is 13.7. The van der Waals surface area contributed by atoms with Crippen molar-refractivity contribution in [3.63, 3.8) is 0 Å². The summed E-state index contributed by atoms with van der Waals surface area (Å²) in [4.78, 5) is 24.5. The highest BCUT2D eigenvalue weighted by atomic mass is 16.5. The van der Waals surface area contributed by atoms with Crippen LogP contribution in [-0.4, -0.2) is 18.9 Å². The highest BCUT2D eigenvalue weighted by molar-refractivity contribution is 6.03.